The summed E-state index contributed by atoms with van der Waals surface area (Å²) in [6.45, 7) is 0.476. The van der Waals surface area contributed by atoms with Crippen LogP contribution in [0.15, 0.2) is 60.8 Å². The molecule has 0 unspecified atom stereocenters. The molecule has 2 heterocycles. The maximum atomic E-state index is 12.8. The van der Waals surface area contributed by atoms with Crippen molar-refractivity contribution in [1.82, 2.24) is 15.1 Å². The Balaban J connectivity index is 1.55. The fourth-order valence-electron chi connectivity index (χ4n) is 3.23. The molecule has 1 aliphatic heterocycles. The highest BCUT2D eigenvalue weighted by Crippen LogP contribution is 2.25. The van der Waals surface area contributed by atoms with E-state index in [1.54, 1.807) is 10.9 Å². The van der Waals surface area contributed by atoms with Crippen molar-refractivity contribution in [3.8, 4) is 17.0 Å². The summed E-state index contributed by atoms with van der Waals surface area (Å²) in [7, 11) is 1.85. The second-order valence-electron chi connectivity index (χ2n) is 6.19. The van der Waals surface area contributed by atoms with E-state index in [1.807, 2.05) is 61.6 Å². The number of aromatic nitrogens is 2. The van der Waals surface area contributed by atoms with E-state index in [2.05, 4.69) is 10.4 Å². The van der Waals surface area contributed by atoms with Gasteiger partial charge in [0.25, 0.3) is 5.91 Å². The topological polar surface area (TPSA) is 56.2 Å². The molecule has 25 heavy (non-hydrogen) atoms. The van der Waals surface area contributed by atoms with Crippen LogP contribution in [0.3, 0.4) is 0 Å². The highest BCUT2D eigenvalue weighted by Gasteiger charge is 2.24. The maximum absolute atomic E-state index is 12.8. The van der Waals surface area contributed by atoms with E-state index in [0.29, 0.717) is 12.2 Å². The number of ether oxygens (including phenoxy) is 1. The van der Waals surface area contributed by atoms with Crippen molar-refractivity contribution in [1.29, 1.82) is 0 Å². The first-order chi connectivity index (χ1) is 12.2. The second kappa shape index (κ2) is 6.43. The van der Waals surface area contributed by atoms with E-state index >= 15 is 0 Å². The summed E-state index contributed by atoms with van der Waals surface area (Å²) in [5.41, 5.74) is 3.48. The van der Waals surface area contributed by atoms with E-state index in [0.717, 1.165) is 29.0 Å². The molecule has 0 spiro atoms. The van der Waals surface area contributed by atoms with Crippen LogP contribution >= 0.6 is 0 Å². The molecule has 0 fully saturated rings. The lowest BCUT2D eigenvalue weighted by Crippen LogP contribution is -2.42. The Labute approximate surface area is 146 Å². The van der Waals surface area contributed by atoms with Gasteiger partial charge in [0.2, 0.25) is 0 Å². The number of carbonyl (C=O) groups is 1. The monoisotopic (exact) mass is 333 g/mol. The number of nitrogens with zero attached hydrogens (tertiary/aromatic N) is 2. The van der Waals surface area contributed by atoms with Gasteiger partial charge in [-0.15, -0.1) is 0 Å². The number of para-hydroxylation sites is 1. The summed E-state index contributed by atoms with van der Waals surface area (Å²) in [4.78, 5) is 12.8. The zero-order valence-electron chi connectivity index (χ0n) is 14.0. The molecule has 0 radical (unpaired) electrons. The minimum Gasteiger partial charge on any atom is -0.491 e. The number of hydrogen-bond acceptors (Lipinski definition) is 3. The molecule has 1 amide bonds. The molecular formula is C20H19N3O2. The molecule has 5 nitrogen and oxygen atoms in total. The SMILES string of the molecule is Cn1ncc(C(=O)N[C@@H]2COc3ccccc3C2)c1-c1ccccc1. The van der Waals surface area contributed by atoms with Gasteiger partial charge < -0.3 is 10.1 Å². The standard InChI is InChI=1S/C20H19N3O2/c1-23-19(14-7-3-2-4-8-14)17(12-21-23)20(24)22-16-11-15-9-5-6-10-18(15)25-13-16/h2-10,12,16H,11,13H2,1H3,(H,22,24)/t16-/m0/s1. The van der Waals surface area contributed by atoms with Crippen molar-refractivity contribution in [2.75, 3.05) is 6.61 Å². The lowest BCUT2D eigenvalue weighted by atomic mass is 10.0. The maximum Gasteiger partial charge on any atom is 0.255 e. The highest BCUT2D eigenvalue weighted by atomic mass is 16.5. The van der Waals surface area contributed by atoms with Crippen LogP contribution in [0.25, 0.3) is 11.3 Å². The molecule has 0 saturated carbocycles. The summed E-state index contributed by atoms with van der Waals surface area (Å²) >= 11 is 0. The van der Waals surface area contributed by atoms with Crippen molar-refractivity contribution >= 4 is 5.91 Å². The van der Waals surface area contributed by atoms with E-state index in [1.165, 1.54) is 0 Å². The Kier molecular flexibility index (Phi) is 3.98. The van der Waals surface area contributed by atoms with Crippen LogP contribution in [-0.2, 0) is 13.5 Å². The number of carbonyl (C=O) groups excluding carboxylic acids is 1. The Morgan fingerprint density at radius 3 is 2.76 bits per heavy atom. The zero-order chi connectivity index (χ0) is 17.2. The normalized spacial score (nSPS) is 16.0. The Morgan fingerprint density at radius 2 is 1.92 bits per heavy atom. The van der Waals surface area contributed by atoms with Crippen LogP contribution in [0.5, 0.6) is 5.75 Å². The smallest absolute Gasteiger partial charge is 0.255 e. The Hall–Kier alpha value is -3.08. The van der Waals surface area contributed by atoms with E-state index < -0.39 is 0 Å². The molecule has 1 aliphatic rings. The van der Waals surface area contributed by atoms with Gasteiger partial charge in [-0.05, 0) is 18.1 Å². The summed E-state index contributed by atoms with van der Waals surface area (Å²) in [5, 5.41) is 7.35. The number of rotatable bonds is 3. The number of fused-ring (bicyclic) bond motifs is 1. The van der Waals surface area contributed by atoms with Crippen molar-refractivity contribution in [2.45, 2.75) is 12.5 Å². The molecule has 2 aromatic carbocycles. The van der Waals surface area contributed by atoms with E-state index in [4.69, 9.17) is 4.74 Å². The summed E-state index contributed by atoms with van der Waals surface area (Å²) in [6, 6.07) is 17.7. The van der Waals surface area contributed by atoms with Crippen LogP contribution in [0.1, 0.15) is 15.9 Å². The predicted octanol–water partition coefficient (Wildman–Crippen LogP) is 2.82. The summed E-state index contributed by atoms with van der Waals surface area (Å²) < 4.78 is 7.49. The van der Waals surface area contributed by atoms with E-state index in [-0.39, 0.29) is 11.9 Å². The van der Waals surface area contributed by atoms with Gasteiger partial charge in [-0.2, -0.15) is 5.10 Å². The van der Waals surface area contributed by atoms with Crippen molar-refractivity contribution in [3.05, 3.63) is 71.9 Å². The van der Waals surface area contributed by atoms with Crippen LogP contribution < -0.4 is 10.1 Å². The third-order valence-electron chi connectivity index (χ3n) is 4.44. The van der Waals surface area contributed by atoms with Crippen molar-refractivity contribution in [2.24, 2.45) is 7.05 Å². The van der Waals surface area contributed by atoms with Gasteiger partial charge in [0.15, 0.2) is 0 Å². The molecule has 1 N–H and O–H groups in total. The van der Waals surface area contributed by atoms with Gasteiger partial charge in [-0.25, -0.2) is 0 Å². The number of benzene rings is 2. The van der Waals surface area contributed by atoms with Crippen LogP contribution in [0, 0.1) is 0 Å². The third-order valence-corrected chi connectivity index (χ3v) is 4.44. The minimum absolute atomic E-state index is 0.0498. The molecule has 0 aliphatic carbocycles. The molecule has 126 valence electrons. The number of nitrogens with one attached hydrogen (secondary N) is 1. The summed E-state index contributed by atoms with van der Waals surface area (Å²) in [5.74, 6) is 0.777. The molecule has 4 rings (SSSR count). The molecule has 5 heteroatoms. The van der Waals surface area contributed by atoms with Crippen LogP contribution in [0.2, 0.25) is 0 Å². The first kappa shape index (κ1) is 15.4. The van der Waals surface area contributed by atoms with Gasteiger partial charge in [-0.3, -0.25) is 9.48 Å². The molecular weight excluding hydrogens is 314 g/mol. The van der Waals surface area contributed by atoms with E-state index in [9.17, 15) is 4.79 Å². The zero-order valence-corrected chi connectivity index (χ0v) is 14.0. The molecule has 0 bridgehead atoms. The molecule has 0 saturated heterocycles. The highest BCUT2D eigenvalue weighted by molar-refractivity contribution is 6.00. The first-order valence-electron chi connectivity index (χ1n) is 8.31. The second-order valence-corrected chi connectivity index (χ2v) is 6.19. The third kappa shape index (κ3) is 3.01. The molecule has 3 aromatic rings. The number of hydrogen-bond donors (Lipinski definition) is 1. The average Bonchev–Trinajstić information content (AvgIpc) is 3.04. The first-order valence-corrected chi connectivity index (χ1v) is 8.31. The fourth-order valence-corrected chi connectivity index (χ4v) is 3.23. The van der Waals surface area contributed by atoms with Gasteiger partial charge in [0, 0.05) is 12.6 Å². The Morgan fingerprint density at radius 1 is 1.16 bits per heavy atom. The fraction of sp³-hybridized carbons (Fsp3) is 0.200. The number of aryl methyl sites for hydroxylation is 1. The van der Waals surface area contributed by atoms with Gasteiger partial charge in [0.1, 0.15) is 12.4 Å². The lowest BCUT2D eigenvalue weighted by molar-refractivity contribution is 0.0916. The quantitative estimate of drug-likeness (QED) is 0.802. The number of amides is 1. The van der Waals surface area contributed by atoms with Crippen molar-refractivity contribution < 1.29 is 9.53 Å². The lowest BCUT2D eigenvalue weighted by Gasteiger charge is -2.26. The minimum atomic E-state index is -0.125. The predicted molar refractivity (Wildman–Crippen MR) is 95.5 cm³/mol. The molecule has 1 atom stereocenters. The Bertz CT molecular complexity index is 902. The van der Waals surface area contributed by atoms with Gasteiger partial charge >= 0.3 is 0 Å². The average molecular weight is 333 g/mol. The van der Waals surface area contributed by atoms with Crippen LogP contribution in [-0.4, -0.2) is 28.3 Å². The summed E-state index contributed by atoms with van der Waals surface area (Å²) in [6.07, 6.45) is 2.39. The van der Waals surface area contributed by atoms with Gasteiger partial charge in [-0.1, -0.05) is 48.5 Å². The largest absolute Gasteiger partial charge is 0.491 e. The van der Waals surface area contributed by atoms with Crippen molar-refractivity contribution in [3.63, 3.8) is 0 Å². The van der Waals surface area contributed by atoms with Gasteiger partial charge in [0.05, 0.1) is 23.5 Å². The van der Waals surface area contributed by atoms with Crippen LogP contribution in [0.4, 0.5) is 0 Å². The molecule has 1 aromatic heterocycles.